The van der Waals surface area contributed by atoms with Crippen molar-refractivity contribution < 1.29 is 28.6 Å². The molecule has 0 radical (unpaired) electrons. The summed E-state index contributed by atoms with van der Waals surface area (Å²) in [4.78, 5) is 43.5. The molecule has 3 aromatic rings. The Bertz CT molecular complexity index is 1620. The zero-order chi connectivity index (χ0) is 33.8. The van der Waals surface area contributed by atoms with Crippen molar-refractivity contribution in [1.82, 2.24) is 30.1 Å². The lowest BCUT2D eigenvalue weighted by molar-refractivity contribution is -0.124. The van der Waals surface area contributed by atoms with Crippen LogP contribution in [0.4, 0.5) is 0 Å². The van der Waals surface area contributed by atoms with Crippen molar-refractivity contribution in [3.63, 3.8) is 0 Å². The smallest absolute Gasteiger partial charge is 0.276 e. The predicted molar refractivity (Wildman–Crippen MR) is 177 cm³/mol. The third kappa shape index (κ3) is 8.13. The molecule has 48 heavy (non-hydrogen) atoms. The van der Waals surface area contributed by atoms with Crippen LogP contribution in [-0.2, 0) is 16.1 Å². The van der Waals surface area contributed by atoms with E-state index >= 15 is 0 Å². The molecule has 1 aliphatic carbocycles. The van der Waals surface area contributed by atoms with Crippen molar-refractivity contribution >= 4 is 17.7 Å². The monoisotopic (exact) mass is 659 g/mol. The van der Waals surface area contributed by atoms with Crippen molar-refractivity contribution in [2.75, 3.05) is 33.3 Å². The molecule has 3 amide bonds. The first-order valence-corrected chi connectivity index (χ1v) is 16.8. The van der Waals surface area contributed by atoms with Crippen LogP contribution in [0.2, 0.25) is 0 Å². The van der Waals surface area contributed by atoms with Crippen LogP contribution in [0.15, 0.2) is 48.7 Å². The first-order valence-electron chi connectivity index (χ1n) is 16.8. The zero-order valence-electron chi connectivity index (χ0n) is 27.8. The molecule has 2 aliphatic heterocycles. The SMILES string of the molecule is CC(C)COc1cc2cc(c1)C(=O)N(C)CC(=O)N[C@H]1CCN(C(=O)c3cn(C4CCC(N)CC4)nn3)C[C@@H]1OCc1cccc(c1)O2. The van der Waals surface area contributed by atoms with E-state index in [1.54, 1.807) is 41.0 Å². The third-order valence-electron chi connectivity index (χ3n) is 9.07. The van der Waals surface area contributed by atoms with Crippen LogP contribution in [0, 0.1) is 5.92 Å². The molecule has 0 unspecified atom stereocenters. The van der Waals surface area contributed by atoms with Gasteiger partial charge in [-0.05, 0) is 67.9 Å². The maximum absolute atomic E-state index is 13.6. The Hall–Kier alpha value is -4.49. The van der Waals surface area contributed by atoms with Crippen LogP contribution < -0.4 is 20.5 Å². The summed E-state index contributed by atoms with van der Waals surface area (Å²) in [5.74, 6) is 0.914. The molecule has 4 bridgehead atoms. The van der Waals surface area contributed by atoms with Gasteiger partial charge in [0, 0.05) is 37.8 Å². The highest BCUT2D eigenvalue weighted by molar-refractivity contribution is 5.97. The first kappa shape index (κ1) is 33.4. The van der Waals surface area contributed by atoms with Crippen molar-refractivity contribution in [3.05, 3.63) is 65.5 Å². The highest BCUT2D eigenvalue weighted by Gasteiger charge is 2.35. The van der Waals surface area contributed by atoms with Gasteiger partial charge in [-0.3, -0.25) is 14.4 Å². The van der Waals surface area contributed by atoms with Gasteiger partial charge in [-0.2, -0.15) is 0 Å². The molecule has 13 nitrogen and oxygen atoms in total. The summed E-state index contributed by atoms with van der Waals surface area (Å²) in [6.07, 6.45) is 5.35. The number of nitrogens with two attached hydrogens (primary N) is 1. The molecule has 256 valence electrons. The number of benzene rings is 2. The van der Waals surface area contributed by atoms with E-state index in [9.17, 15) is 14.4 Å². The van der Waals surface area contributed by atoms with Crippen LogP contribution in [0.5, 0.6) is 17.2 Å². The number of carbonyl (C=O) groups is 3. The number of hydrogen-bond donors (Lipinski definition) is 2. The third-order valence-corrected chi connectivity index (χ3v) is 9.07. The molecular weight excluding hydrogens is 614 g/mol. The van der Waals surface area contributed by atoms with E-state index in [0.29, 0.717) is 48.3 Å². The number of fused-ring (bicyclic) bond motifs is 5. The van der Waals surface area contributed by atoms with Crippen molar-refractivity contribution in [1.29, 1.82) is 0 Å². The molecule has 1 aromatic heterocycles. The van der Waals surface area contributed by atoms with Crippen LogP contribution in [0.3, 0.4) is 0 Å². The normalized spacial score (nSPS) is 23.7. The van der Waals surface area contributed by atoms with Crippen LogP contribution in [-0.4, -0.2) is 94.0 Å². The Labute approximate surface area is 280 Å². The number of carbonyl (C=O) groups excluding carboxylic acids is 3. The molecule has 1 saturated heterocycles. The number of hydrogen-bond acceptors (Lipinski definition) is 9. The number of likely N-dealkylation sites (tertiary alicyclic amines) is 1. The van der Waals surface area contributed by atoms with Gasteiger partial charge in [0.1, 0.15) is 17.2 Å². The fraction of sp³-hybridized carbons (Fsp3) is 0.514. The Morgan fingerprint density at radius 3 is 2.69 bits per heavy atom. The molecular formula is C35H45N7O6. The van der Waals surface area contributed by atoms with Gasteiger partial charge < -0.3 is 35.1 Å². The minimum Gasteiger partial charge on any atom is -0.493 e. The summed E-state index contributed by atoms with van der Waals surface area (Å²) >= 11 is 0. The lowest BCUT2D eigenvalue weighted by Gasteiger charge is -2.38. The second kappa shape index (κ2) is 14.7. The number of likely N-dealkylation sites (N-methyl/N-ethyl adjacent to an activating group) is 1. The van der Waals surface area contributed by atoms with Gasteiger partial charge in [-0.25, -0.2) is 4.68 Å². The van der Waals surface area contributed by atoms with Crippen LogP contribution in [0.25, 0.3) is 0 Å². The average Bonchev–Trinajstić information content (AvgIpc) is 3.56. The summed E-state index contributed by atoms with van der Waals surface area (Å²) in [6.45, 7) is 5.30. The van der Waals surface area contributed by atoms with Gasteiger partial charge in [0.15, 0.2) is 5.69 Å². The fourth-order valence-electron chi connectivity index (χ4n) is 6.41. The molecule has 0 spiro atoms. The number of rotatable bonds is 5. The molecule has 2 aromatic carbocycles. The Balaban J connectivity index is 1.21. The fourth-order valence-corrected chi connectivity index (χ4v) is 6.41. The second-order valence-corrected chi connectivity index (χ2v) is 13.5. The maximum atomic E-state index is 13.6. The maximum Gasteiger partial charge on any atom is 0.276 e. The van der Waals surface area contributed by atoms with Gasteiger partial charge in [0.2, 0.25) is 5.91 Å². The number of piperidine rings is 1. The summed E-state index contributed by atoms with van der Waals surface area (Å²) in [6, 6.07) is 12.6. The van der Waals surface area contributed by atoms with E-state index < -0.39 is 6.10 Å². The minimum absolute atomic E-state index is 0.161. The molecule has 3 N–H and O–H groups in total. The van der Waals surface area contributed by atoms with Gasteiger partial charge in [-0.15, -0.1) is 5.10 Å². The number of ether oxygens (including phenoxy) is 3. The van der Waals surface area contributed by atoms with Crippen molar-refractivity contribution in [3.8, 4) is 17.2 Å². The predicted octanol–water partition coefficient (Wildman–Crippen LogP) is 3.55. The van der Waals surface area contributed by atoms with E-state index in [0.717, 1.165) is 31.2 Å². The number of aromatic nitrogens is 3. The quantitative estimate of drug-likeness (QED) is 0.419. The van der Waals surface area contributed by atoms with E-state index in [2.05, 4.69) is 15.6 Å². The Morgan fingerprint density at radius 1 is 1.08 bits per heavy atom. The van der Waals surface area contributed by atoms with Gasteiger partial charge in [0.05, 0.1) is 44.1 Å². The van der Waals surface area contributed by atoms with Crippen molar-refractivity contribution in [2.24, 2.45) is 11.7 Å². The van der Waals surface area contributed by atoms with E-state index in [4.69, 9.17) is 19.9 Å². The highest BCUT2D eigenvalue weighted by atomic mass is 16.5. The summed E-state index contributed by atoms with van der Waals surface area (Å²) in [7, 11) is 1.58. The highest BCUT2D eigenvalue weighted by Crippen LogP contribution is 2.30. The van der Waals surface area contributed by atoms with Crippen molar-refractivity contribution in [2.45, 2.75) is 76.8 Å². The zero-order valence-corrected chi connectivity index (χ0v) is 27.8. The molecule has 6 rings (SSSR count). The number of nitrogens with one attached hydrogen (secondary N) is 1. The van der Waals surface area contributed by atoms with Crippen LogP contribution >= 0.6 is 0 Å². The van der Waals surface area contributed by atoms with E-state index in [1.165, 1.54) is 4.90 Å². The molecule has 3 heterocycles. The number of nitrogens with zero attached hydrogens (tertiary/aromatic N) is 5. The average molecular weight is 660 g/mol. The van der Waals surface area contributed by atoms with Gasteiger partial charge in [0.25, 0.3) is 11.8 Å². The molecule has 2 atom stereocenters. The lowest BCUT2D eigenvalue weighted by atomic mass is 9.92. The Morgan fingerprint density at radius 2 is 1.90 bits per heavy atom. The largest absolute Gasteiger partial charge is 0.493 e. The summed E-state index contributed by atoms with van der Waals surface area (Å²) < 4.78 is 20.3. The molecule has 2 fully saturated rings. The summed E-state index contributed by atoms with van der Waals surface area (Å²) in [5.41, 5.74) is 7.55. The lowest BCUT2D eigenvalue weighted by Crippen LogP contribution is -2.57. The minimum atomic E-state index is -0.506. The topological polar surface area (TPSA) is 154 Å². The van der Waals surface area contributed by atoms with Crippen LogP contribution in [0.1, 0.15) is 78.4 Å². The number of amides is 3. The Kier molecular flexibility index (Phi) is 10.3. The first-order chi connectivity index (χ1) is 23.1. The van der Waals surface area contributed by atoms with E-state index in [1.807, 2.05) is 38.1 Å². The van der Waals surface area contributed by atoms with Gasteiger partial charge >= 0.3 is 0 Å². The standard InChI is InChI=1S/C35H45N7O6/c1-22(2)20-46-28-14-24-15-29(16-28)48-27-6-4-5-23(13-27)21-47-32-18-41(12-11-30(32)37-33(43)19-40(3)34(24)44)35(45)31-17-42(39-38-31)26-9-7-25(36)8-10-26/h4-6,13-17,22,25-26,30,32H,7-12,18-21,36H2,1-3H3,(H,37,43)/t25?,26?,30-,32-/m0/s1. The second-order valence-electron chi connectivity index (χ2n) is 13.5. The summed E-state index contributed by atoms with van der Waals surface area (Å²) in [5, 5.41) is 11.5. The van der Waals surface area contributed by atoms with Gasteiger partial charge in [-0.1, -0.05) is 31.2 Å². The molecule has 1 saturated carbocycles. The molecule has 13 heteroatoms. The molecule has 3 aliphatic rings. The van der Waals surface area contributed by atoms with E-state index in [-0.39, 0.29) is 61.2 Å².